The molecule has 6 nitrogen and oxygen atoms in total. The van der Waals surface area contributed by atoms with Gasteiger partial charge in [-0.05, 0) is 19.8 Å². The predicted molar refractivity (Wildman–Crippen MR) is 59.2 cm³/mol. The van der Waals surface area contributed by atoms with Crippen molar-refractivity contribution in [3.63, 3.8) is 0 Å². The summed E-state index contributed by atoms with van der Waals surface area (Å²) in [6, 6.07) is 1.56. The van der Waals surface area contributed by atoms with Gasteiger partial charge in [0.15, 0.2) is 5.82 Å². The lowest BCUT2D eigenvalue weighted by Crippen LogP contribution is -2.39. The molecule has 16 heavy (non-hydrogen) atoms. The molecule has 0 aromatic carbocycles. The van der Waals surface area contributed by atoms with Crippen LogP contribution in [-0.4, -0.2) is 31.0 Å². The van der Waals surface area contributed by atoms with Crippen molar-refractivity contribution in [3.05, 3.63) is 11.8 Å². The van der Waals surface area contributed by atoms with Crippen LogP contribution in [0.2, 0.25) is 0 Å². The van der Waals surface area contributed by atoms with Crippen molar-refractivity contribution < 1.29 is 12.9 Å². The normalized spacial score (nSPS) is 18.6. The molecule has 0 aliphatic carbocycles. The molecule has 0 atom stereocenters. The SMILES string of the molecule is Cc1cc(NS(=O)(=O)N2CCCCC2)no1. The average Bonchev–Trinajstić information content (AvgIpc) is 2.64. The van der Waals surface area contributed by atoms with Crippen LogP contribution in [0.15, 0.2) is 10.6 Å². The zero-order valence-electron chi connectivity index (χ0n) is 9.14. The second-order valence-corrected chi connectivity index (χ2v) is 5.56. The van der Waals surface area contributed by atoms with Crippen molar-refractivity contribution in [1.29, 1.82) is 0 Å². The molecular formula is C9H15N3O3S. The van der Waals surface area contributed by atoms with E-state index in [-0.39, 0.29) is 5.82 Å². The molecular weight excluding hydrogens is 230 g/mol. The third-order valence-electron chi connectivity index (χ3n) is 2.52. The van der Waals surface area contributed by atoms with Gasteiger partial charge in [-0.15, -0.1) is 0 Å². The molecule has 1 fully saturated rings. The average molecular weight is 245 g/mol. The summed E-state index contributed by atoms with van der Waals surface area (Å²) < 4.78 is 32.4. The van der Waals surface area contributed by atoms with E-state index in [1.807, 2.05) is 0 Å². The van der Waals surface area contributed by atoms with Crippen molar-refractivity contribution in [2.45, 2.75) is 26.2 Å². The smallest absolute Gasteiger partial charge is 0.302 e. The second kappa shape index (κ2) is 4.42. The maximum Gasteiger partial charge on any atom is 0.302 e. The molecule has 7 heteroatoms. The first-order valence-corrected chi connectivity index (χ1v) is 6.73. The summed E-state index contributed by atoms with van der Waals surface area (Å²) in [6.45, 7) is 2.87. The van der Waals surface area contributed by atoms with E-state index in [9.17, 15) is 8.42 Å². The molecule has 0 radical (unpaired) electrons. The van der Waals surface area contributed by atoms with Crippen LogP contribution in [0.5, 0.6) is 0 Å². The van der Waals surface area contributed by atoms with Gasteiger partial charge in [0, 0.05) is 19.2 Å². The number of aryl methyl sites for hydroxylation is 1. The van der Waals surface area contributed by atoms with E-state index in [1.165, 1.54) is 4.31 Å². The summed E-state index contributed by atoms with van der Waals surface area (Å²) in [5.41, 5.74) is 0. The van der Waals surface area contributed by atoms with Crippen molar-refractivity contribution >= 4 is 16.0 Å². The highest BCUT2D eigenvalue weighted by Gasteiger charge is 2.24. The molecule has 0 saturated carbocycles. The number of nitrogens with one attached hydrogen (secondary N) is 1. The Morgan fingerprint density at radius 2 is 2.06 bits per heavy atom. The Labute approximate surface area is 94.8 Å². The van der Waals surface area contributed by atoms with Gasteiger partial charge in [-0.3, -0.25) is 4.72 Å². The summed E-state index contributed by atoms with van der Waals surface area (Å²) >= 11 is 0. The van der Waals surface area contributed by atoms with Crippen LogP contribution in [0, 0.1) is 6.92 Å². The maximum absolute atomic E-state index is 11.9. The van der Waals surface area contributed by atoms with E-state index >= 15 is 0 Å². The van der Waals surface area contributed by atoms with Gasteiger partial charge in [0.25, 0.3) is 0 Å². The molecule has 1 aromatic heterocycles. The Bertz CT molecular complexity index is 448. The fraction of sp³-hybridized carbons (Fsp3) is 0.667. The monoisotopic (exact) mass is 245 g/mol. The molecule has 1 aliphatic heterocycles. The number of anilines is 1. The first-order chi connectivity index (χ1) is 7.58. The largest absolute Gasteiger partial charge is 0.360 e. The maximum atomic E-state index is 11.9. The Morgan fingerprint density at radius 1 is 1.38 bits per heavy atom. The van der Waals surface area contributed by atoms with Gasteiger partial charge in [0.05, 0.1) is 0 Å². The number of hydrogen-bond donors (Lipinski definition) is 1. The van der Waals surface area contributed by atoms with E-state index in [2.05, 4.69) is 9.88 Å². The summed E-state index contributed by atoms with van der Waals surface area (Å²) in [6.07, 6.45) is 2.92. The van der Waals surface area contributed by atoms with Crippen LogP contribution >= 0.6 is 0 Å². The Hall–Kier alpha value is -1.08. The molecule has 0 bridgehead atoms. The van der Waals surface area contributed by atoms with Gasteiger partial charge in [-0.1, -0.05) is 11.6 Å². The van der Waals surface area contributed by atoms with Crippen molar-refractivity contribution in [3.8, 4) is 0 Å². The molecule has 2 heterocycles. The van der Waals surface area contributed by atoms with Crippen LogP contribution in [0.25, 0.3) is 0 Å². The highest BCUT2D eigenvalue weighted by atomic mass is 32.2. The third kappa shape index (κ3) is 2.53. The highest BCUT2D eigenvalue weighted by molar-refractivity contribution is 7.90. The number of rotatable bonds is 3. The molecule has 1 aliphatic rings. The minimum absolute atomic E-state index is 0.239. The third-order valence-corrected chi connectivity index (χ3v) is 4.03. The first kappa shape index (κ1) is 11.4. The number of hydrogen-bond acceptors (Lipinski definition) is 4. The van der Waals surface area contributed by atoms with Gasteiger partial charge < -0.3 is 4.52 Å². The van der Waals surface area contributed by atoms with Gasteiger partial charge >= 0.3 is 10.2 Å². The summed E-state index contributed by atoms with van der Waals surface area (Å²) in [5, 5.41) is 3.60. The Balaban J connectivity index is 2.07. The molecule has 1 aromatic rings. The number of aromatic nitrogens is 1. The molecule has 1 N–H and O–H groups in total. The minimum Gasteiger partial charge on any atom is -0.360 e. The van der Waals surface area contributed by atoms with E-state index in [0.29, 0.717) is 18.8 Å². The minimum atomic E-state index is -3.46. The lowest BCUT2D eigenvalue weighted by molar-refractivity contribution is 0.348. The fourth-order valence-corrected chi connectivity index (χ4v) is 2.94. The lowest BCUT2D eigenvalue weighted by Gasteiger charge is -2.25. The molecule has 90 valence electrons. The standard InChI is InChI=1S/C9H15N3O3S/c1-8-7-9(10-15-8)11-16(13,14)12-5-3-2-4-6-12/h7H,2-6H2,1H3,(H,10,11). The van der Waals surface area contributed by atoms with Crippen LogP contribution in [0.1, 0.15) is 25.0 Å². The zero-order chi connectivity index (χ0) is 11.6. The van der Waals surface area contributed by atoms with Crippen LogP contribution in [0.3, 0.4) is 0 Å². The van der Waals surface area contributed by atoms with E-state index in [1.54, 1.807) is 13.0 Å². The molecule has 0 unspecified atom stereocenters. The fourth-order valence-electron chi connectivity index (χ4n) is 1.72. The van der Waals surface area contributed by atoms with Crippen molar-refractivity contribution in [2.24, 2.45) is 0 Å². The van der Waals surface area contributed by atoms with Crippen LogP contribution in [-0.2, 0) is 10.2 Å². The highest BCUT2D eigenvalue weighted by Crippen LogP contribution is 2.16. The quantitative estimate of drug-likeness (QED) is 0.866. The van der Waals surface area contributed by atoms with Gasteiger partial charge in [0.2, 0.25) is 0 Å². The molecule has 0 spiro atoms. The number of nitrogens with zero attached hydrogens (tertiary/aromatic N) is 2. The van der Waals surface area contributed by atoms with E-state index < -0.39 is 10.2 Å². The Morgan fingerprint density at radius 3 is 2.62 bits per heavy atom. The van der Waals surface area contributed by atoms with Gasteiger partial charge in [0.1, 0.15) is 5.76 Å². The summed E-state index contributed by atoms with van der Waals surface area (Å²) in [4.78, 5) is 0. The van der Waals surface area contributed by atoms with Crippen LogP contribution < -0.4 is 4.72 Å². The lowest BCUT2D eigenvalue weighted by atomic mass is 10.2. The van der Waals surface area contributed by atoms with E-state index in [0.717, 1.165) is 19.3 Å². The van der Waals surface area contributed by atoms with Gasteiger partial charge in [-0.2, -0.15) is 12.7 Å². The predicted octanol–water partition coefficient (Wildman–Crippen LogP) is 1.13. The van der Waals surface area contributed by atoms with Gasteiger partial charge in [-0.25, -0.2) is 0 Å². The van der Waals surface area contributed by atoms with Crippen molar-refractivity contribution in [2.75, 3.05) is 17.8 Å². The number of piperidine rings is 1. The summed E-state index contributed by atoms with van der Waals surface area (Å²) in [5.74, 6) is 0.819. The van der Waals surface area contributed by atoms with Crippen molar-refractivity contribution in [1.82, 2.24) is 9.46 Å². The topological polar surface area (TPSA) is 75.4 Å². The Kier molecular flexibility index (Phi) is 3.15. The molecule has 2 rings (SSSR count). The van der Waals surface area contributed by atoms with E-state index in [4.69, 9.17) is 4.52 Å². The van der Waals surface area contributed by atoms with Crippen LogP contribution in [0.4, 0.5) is 5.82 Å². The first-order valence-electron chi connectivity index (χ1n) is 5.29. The summed E-state index contributed by atoms with van der Waals surface area (Å²) in [7, 11) is -3.46. The molecule has 0 amide bonds. The zero-order valence-corrected chi connectivity index (χ0v) is 9.96. The molecule has 1 saturated heterocycles. The second-order valence-electron chi connectivity index (χ2n) is 3.89.